The Hall–Kier alpha value is -0.300. The standard InChI is InChI=1S/C22H40O/c1-6-7-14-21(4,15-8-10-17(2)3)20-13-12-18-19(23)11-9-16-22(18,20)5/h6-7,17-20,23H,8-16H2,1-5H3/b7-6+/t18?,19-,20+,21-,22-/m0/s1. The molecule has 134 valence electrons. The molecule has 5 atom stereocenters. The highest BCUT2D eigenvalue weighted by molar-refractivity contribution is 5.06. The van der Waals surface area contributed by atoms with Gasteiger partial charge in [-0.3, -0.25) is 0 Å². The molecule has 2 saturated carbocycles. The van der Waals surface area contributed by atoms with Crippen molar-refractivity contribution in [3.05, 3.63) is 12.2 Å². The molecule has 2 rings (SSSR count). The van der Waals surface area contributed by atoms with Crippen LogP contribution < -0.4 is 0 Å². The average Bonchev–Trinajstić information content (AvgIpc) is 2.84. The van der Waals surface area contributed by atoms with Crippen LogP contribution >= 0.6 is 0 Å². The van der Waals surface area contributed by atoms with Crippen molar-refractivity contribution in [2.45, 2.75) is 98.5 Å². The molecule has 23 heavy (non-hydrogen) atoms. The van der Waals surface area contributed by atoms with Gasteiger partial charge in [0.2, 0.25) is 0 Å². The van der Waals surface area contributed by atoms with Gasteiger partial charge in [-0.25, -0.2) is 0 Å². The molecule has 1 heteroatoms. The fourth-order valence-corrected chi connectivity index (χ4v) is 6.01. The first kappa shape index (κ1) is 19.0. The second-order valence-electron chi connectivity index (χ2n) is 9.42. The molecule has 0 amide bonds. The Morgan fingerprint density at radius 1 is 1.26 bits per heavy atom. The normalized spacial score (nSPS) is 37.3. The summed E-state index contributed by atoms with van der Waals surface area (Å²) in [6.45, 7) is 11.9. The van der Waals surface area contributed by atoms with E-state index in [0.717, 1.165) is 18.3 Å². The van der Waals surface area contributed by atoms with Crippen LogP contribution in [-0.4, -0.2) is 11.2 Å². The lowest BCUT2D eigenvalue weighted by atomic mass is 9.56. The molecule has 1 unspecified atom stereocenters. The van der Waals surface area contributed by atoms with Crippen molar-refractivity contribution in [2.75, 3.05) is 0 Å². The molecule has 1 nitrogen and oxygen atoms in total. The monoisotopic (exact) mass is 320 g/mol. The Morgan fingerprint density at radius 2 is 2.00 bits per heavy atom. The van der Waals surface area contributed by atoms with E-state index >= 15 is 0 Å². The Balaban J connectivity index is 2.17. The van der Waals surface area contributed by atoms with Gasteiger partial charge >= 0.3 is 0 Å². The molecule has 0 aliphatic heterocycles. The molecule has 0 aromatic rings. The molecule has 0 bridgehead atoms. The largest absolute Gasteiger partial charge is 0.393 e. The number of fused-ring (bicyclic) bond motifs is 1. The number of aliphatic hydroxyl groups excluding tert-OH is 1. The van der Waals surface area contributed by atoms with E-state index in [1.54, 1.807) is 0 Å². The topological polar surface area (TPSA) is 20.2 Å². The van der Waals surface area contributed by atoms with Crippen molar-refractivity contribution in [2.24, 2.45) is 28.6 Å². The summed E-state index contributed by atoms with van der Waals surface area (Å²) < 4.78 is 0. The molecular formula is C22H40O. The maximum absolute atomic E-state index is 10.5. The van der Waals surface area contributed by atoms with Gasteiger partial charge in [-0.2, -0.15) is 0 Å². The van der Waals surface area contributed by atoms with Crippen LogP contribution in [0, 0.1) is 28.6 Å². The fourth-order valence-electron chi connectivity index (χ4n) is 6.01. The Labute approximate surface area is 144 Å². The summed E-state index contributed by atoms with van der Waals surface area (Å²) in [5.74, 6) is 2.14. The van der Waals surface area contributed by atoms with Gasteiger partial charge in [0.05, 0.1) is 6.10 Å². The maximum Gasteiger partial charge on any atom is 0.0573 e. The van der Waals surface area contributed by atoms with E-state index in [2.05, 4.69) is 46.8 Å². The minimum atomic E-state index is -0.0413. The maximum atomic E-state index is 10.5. The molecule has 0 spiro atoms. The van der Waals surface area contributed by atoms with Gasteiger partial charge in [0, 0.05) is 0 Å². The molecule has 2 aliphatic carbocycles. The van der Waals surface area contributed by atoms with Crippen molar-refractivity contribution < 1.29 is 5.11 Å². The van der Waals surface area contributed by atoms with Gasteiger partial charge in [-0.1, -0.05) is 59.1 Å². The molecule has 2 fully saturated rings. The number of hydrogen-bond acceptors (Lipinski definition) is 1. The van der Waals surface area contributed by atoms with Crippen molar-refractivity contribution in [1.29, 1.82) is 0 Å². The molecular weight excluding hydrogens is 280 g/mol. The van der Waals surface area contributed by atoms with E-state index in [9.17, 15) is 5.11 Å². The predicted octanol–water partition coefficient (Wildman–Crippen LogP) is 6.36. The third-order valence-electron chi connectivity index (χ3n) is 7.28. The molecule has 2 aliphatic rings. The zero-order chi connectivity index (χ0) is 17.1. The second-order valence-corrected chi connectivity index (χ2v) is 9.42. The molecule has 0 saturated heterocycles. The van der Waals surface area contributed by atoms with Crippen LogP contribution in [0.15, 0.2) is 12.2 Å². The Kier molecular flexibility index (Phi) is 6.39. The van der Waals surface area contributed by atoms with Crippen LogP contribution in [0.2, 0.25) is 0 Å². The van der Waals surface area contributed by atoms with Gasteiger partial charge in [0.1, 0.15) is 0 Å². The fraction of sp³-hybridized carbons (Fsp3) is 0.909. The van der Waals surface area contributed by atoms with Crippen molar-refractivity contribution in [3.63, 3.8) is 0 Å². The first-order chi connectivity index (χ1) is 10.8. The highest BCUT2D eigenvalue weighted by atomic mass is 16.3. The zero-order valence-electron chi connectivity index (χ0n) is 16.3. The number of aliphatic hydroxyl groups is 1. The van der Waals surface area contributed by atoms with Gasteiger partial charge in [-0.05, 0) is 74.0 Å². The second kappa shape index (κ2) is 7.72. The van der Waals surface area contributed by atoms with Gasteiger partial charge in [0.25, 0.3) is 0 Å². The van der Waals surface area contributed by atoms with E-state index in [-0.39, 0.29) is 6.10 Å². The quantitative estimate of drug-likeness (QED) is 0.541. The van der Waals surface area contributed by atoms with Crippen molar-refractivity contribution >= 4 is 0 Å². The number of hydrogen-bond donors (Lipinski definition) is 1. The molecule has 0 heterocycles. The van der Waals surface area contributed by atoms with Gasteiger partial charge < -0.3 is 5.11 Å². The highest BCUT2D eigenvalue weighted by Crippen LogP contribution is 2.62. The van der Waals surface area contributed by atoms with Crippen molar-refractivity contribution in [1.82, 2.24) is 0 Å². The summed E-state index contributed by atoms with van der Waals surface area (Å²) in [6.07, 6.45) is 16.0. The third-order valence-corrected chi connectivity index (χ3v) is 7.28. The van der Waals surface area contributed by atoms with E-state index in [1.807, 2.05) is 0 Å². The lowest BCUT2D eigenvalue weighted by Crippen LogP contribution is -2.44. The van der Waals surface area contributed by atoms with Gasteiger partial charge in [0.15, 0.2) is 0 Å². The minimum absolute atomic E-state index is 0.0413. The molecule has 0 radical (unpaired) electrons. The van der Waals surface area contributed by atoms with E-state index in [1.165, 1.54) is 51.4 Å². The summed E-state index contributed by atoms with van der Waals surface area (Å²) in [4.78, 5) is 0. The predicted molar refractivity (Wildman–Crippen MR) is 100 cm³/mol. The summed E-state index contributed by atoms with van der Waals surface area (Å²) in [7, 11) is 0. The number of allylic oxidation sites excluding steroid dienone is 2. The van der Waals surface area contributed by atoms with E-state index in [0.29, 0.717) is 16.7 Å². The summed E-state index contributed by atoms with van der Waals surface area (Å²) in [5, 5.41) is 10.5. The van der Waals surface area contributed by atoms with Crippen LogP contribution in [0.5, 0.6) is 0 Å². The lowest BCUT2D eigenvalue weighted by Gasteiger charge is -2.50. The molecule has 1 N–H and O–H groups in total. The first-order valence-corrected chi connectivity index (χ1v) is 10.1. The van der Waals surface area contributed by atoms with E-state index in [4.69, 9.17) is 0 Å². The van der Waals surface area contributed by atoms with Crippen LogP contribution in [0.25, 0.3) is 0 Å². The van der Waals surface area contributed by atoms with Gasteiger partial charge in [-0.15, -0.1) is 0 Å². The lowest BCUT2D eigenvalue weighted by molar-refractivity contribution is -0.0489. The van der Waals surface area contributed by atoms with Crippen LogP contribution in [0.4, 0.5) is 0 Å². The Morgan fingerprint density at radius 3 is 2.65 bits per heavy atom. The Bertz CT molecular complexity index is 399. The zero-order valence-corrected chi connectivity index (χ0v) is 16.3. The third kappa shape index (κ3) is 4.03. The van der Waals surface area contributed by atoms with E-state index < -0.39 is 0 Å². The summed E-state index contributed by atoms with van der Waals surface area (Å²) in [5.41, 5.74) is 0.772. The van der Waals surface area contributed by atoms with Crippen LogP contribution in [0.1, 0.15) is 92.4 Å². The van der Waals surface area contributed by atoms with Crippen molar-refractivity contribution in [3.8, 4) is 0 Å². The van der Waals surface area contributed by atoms with Crippen LogP contribution in [0.3, 0.4) is 0 Å². The molecule has 0 aromatic heterocycles. The molecule has 0 aromatic carbocycles. The summed E-state index contributed by atoms with van der Waals surface area (Å²) >= 11 is 0. The van der Waals surface area contributed by atoms with Crippen LogP contribution in [-0.2, 0) is 0 Å². The first-order valence-electron chi connectivity index (χ1n) is 10.1. The average molecular weight is 321 g/mol. The minimum Gasteiger partial charge on any atom is -0.393 e. The highest BCUT2D eigenvalue weighted by Gasteiger charge is 2.55. The number of rotatable bonds is 7. The summed E-state index contributed by atoms with van der Waals surface area (Å²) in [6, 6.07) is 0. The SMILES string of the molecule is C/C=C/C[C@@](C)(CCCC(C)C)[C@H]1CCC2[C@@H](O)CCC[C@@]21C. The smallest absolute Gasteiger partial charge is 0.0573 e.